The van der Waals surface area contributed by atoms with Crippen molar-refractivity contribution in [2.75, 3.05) is 0 Å². The zero-order valence-corrected chi connectivity index (χ0v) is 4.76. The summed E-state index contributed by atoms with van der Waals surface area (Å²) in [5.41, 5.74) is 0. The van der Waals surface area contributed by atoms with E-state index in [4.69, 9.17) is 14.1 Å². The van der Waals surface area contributed by atoms with Crippen LogP contribution in [0.5, 0.6) is 0 Å². The fraction of sp³-hybridized carbons (Fsp3) is 0. The van der Waals surface area contributed by atoms with Crippen LogP contribution in [0.25, 0.3) is 0 Å². The van der Waals surface area contributed by atoms with Gasteiger partial charge in [-0.25, -0.2) is 0 Å². The molecule has 0 spiro atoms. The third kappa shape index (κ3) is 4230. The molecule has 0 saturated carbocycles. The van der Waals surface area contributed by atoms with Gasteiger partial charge < -0.3 is 15.1 Å². The van der Waals surface area contributed by atoms with Crippen molar-refractivity contribution in [3.8, 4) is 0 Å². The Kier molecular flexibility index (Phi) is 24.6. The van der Waals surface area contributed by atoms with Gasteiger partial charge in [-0.2, -0.15) is 0 Å². The third-order valence-electron chi connectivity index (χ3n) is 0. The van der Waals surface area contributed by atoms with Gasteiger partial charge in [-0.1, -0.05) is 0 Å². The molecule has 0 aromatic heterocycles. The van der Waals surface area contributed by atoms with E-state index in [1.165, 1.54) is 0 Å². The predicted molar refractivity (Wildman–Crippen MR) is 14.5 cm³/mol. The van der Waals surface area contributed by atoms with Crippen molar-refractivity contribution < 1.29 is 36.6 Å². The molecule has 0 aliphatic rings. The Bertz CT molecular complexity index is 30.5. The van der Waals surface area contributed by atoms with Gasteiger partial charge in [-0.15, -0.1) is 0 Å². The van der Waals surface area contributed by atoms with Crippen molar-refractivity contribution in [1.29, 1.82) is 0 Å². The van der Waals surface area contributed by atoms with Crippen molar-refractivity contribution in [3.05, 3.63) is 0 Å². The van der Waals surface area contributed by atoms with Crippen molar-refractivity contribution in [2.24, 2.45) is 0 Å². The second-order valence-electron chi connectivity index (χ2n) is 0.283. The second kappa shape index (κ2) is 8.92. The fourth-order valence-corrected chi connectivity index (χ4v) is 0. The van der Waals surface area contributed by atoms with Crippen molar-refractivity contribution in [3.63, 3.8) is 0 Å². The zero-order valence-electron chi connectivity index (χ0n) is 2.66. The van der Waals surface area contributed by atoms with Crippen LogP contribution in [0.1, 0.15) is 0 Å². The van der Waals surface area contributed by atoms with Crippen LogP contribution in [0, 0.1) is 0 Å². The number of rotatable bonds is 0. The summed E-state index contributed by atoms with van der Waals surface area (Å²) < 4.78 is 8.74. The first-order valence-corrected chi connectivity index (χ1v) is 1.95. The van der Waals surface area contributed by atoms with Crippen LogP contribution in [0.2, 0.25) is 0 Å². The summed E-state index contributed by atoms with van der Waals surface area (Å²) in [4.78, 5) is 14.3. The Morgan fingerprint density at radius 2 is 1.33 bits per heavy atom. The average Bonchev–Trinajstić information content (AvgIpc) is 0.811. The summed E-state index contributed by atoms with van der Waals surface area (Å²) in [6.45, 7) is 0. The molecule has 4 N–H and O–H groups in total. The molecule has 0 saturated heterocycles. The van der Waals surface area contributed by atoms with Gasteiger partial charge in [0.2, 0.25) is 0 Å². The molecule has 0 bridgehead atoms. The Hall–Kier alpha value is 0.0964. The number of hydrogen-bond donors (Lipinski definition) is 2. The molecule has 0 fully saturated rings. The van der Waals surface area contributed by atoms with E-state index in [1.807, 2.05) is 0 Å². The molecule has 40 valence electrons. The second-order valence-corrected chi connectivity index (χ2v) is 0.848. The molecule has 0 aromatic carbocycles. The van der Waals surface area contributed by atoms with Crippen molar-refractivity contribution in [2.45, 2.75) is 0 Å². The van der Waals surface area contributed by atoms with Gasteiger partial charge in [0.25, 0.3) is 0 Å². The van der Waals surface area contributed by atoms with E-state index < -0.39 is 9.17 Å². The predicted octanol–water partition coefficient (Wildman–Crippen LogP) is -2.44. The van der Waals surface area contributed by atoms with Crippen LogP contribution >= 0.6 is 0 Å². The monoisotopic (exact) mass is 152 g/mol. The van der Waals surface area contributed by atoms with Gasteiger partial charge in [-0.3, -0.25) is 4.46 Å². The summed E-state index contributed by atoms with van der Waals surface area (Å²) in [5.74, 6) is 0. The van der Waals surface area contributed by atoms with Crippen LogP contribution in [0.3, 0.4) is 0 Å². The minimum absolute atomic E-state index is 0. The fourth-order valence-electron chi connectivity index (χ4n) is 0. The summed E-state index contributed by atoms with van der Waals surface area (Å²) >= 11 is 0. The molecule has 6 heteroatoms. The maximum Gasteiger partial charge on any atom is 0.761 e. The van der Waals surface area contributed by atoms with E-state index in [-0.39, 0.29) is 22.5 Å². The summed E-state index contributed by atoms with van der Waals surface area (Å²) in [5, 5.41) is 0. The Morgan fingerprint density at radius 1 is 1.33 bits per heavy atom. The Morgan fingerprint density at radius 3 is 1.33 bits per heavy atom. The molecule has 0 heterocycles. The minimum atomic E-state index is -3.13. The maximum atomic E-state index is 8.74. The van der Waals surface area contributed by atoms with Crippen LogP contribution in [0.4, 0.5) is 0 Å². The Labute approximate surface area is 46.5 Å². The van der Waals surface area contributed by atoms with E-state index in [9.17, 15) is 0 Å². The molecule has 0 aliphatic heterocycles. The molecule has 0 atom stereocenters. The normalized spacial score (nSPS) is 4.00. The van der Waals surface area contributed by atoms with E-state index in [2.05, 4.69) is 0 Å². The van der Waals surface area contributed by atoms with E-state index in [0.29, 0.717) is 0 Å². The molecule has 4 nitrogen and oxygen atoms in total. The van der Waals surface area contributed by atoms with Gasteiger partial charge >= 0.3 is 9.17 Å². The largest absolute Gasteiger partial charge is 0.761 e. The van der Waals surface area contributed by atoms with Gasteiger partial charge in [0.05, 0.1) is 0 Å². The molecule has 0 rings (SSSR count). The summed E-state index contributed by atoms with van der Waals surface area (Å²) in [6, 6.07) is 0. The van der Waals surface area contributed by atoms with Crippen molar-refractivity contribution >= 4 is 9.17 Å². The van der Waals surface area contributed by atoms with Crippen LogP contribution < -0.4 is 0 Å². The molecular weight excluding hydrogens is 148 g/mol. The van der Waals surface area contributed by atoms with Crippen LogP contribution in [-0.2, 0) is 21.5 Å². The first kappa shape index (κ1) is 16.5. The van der Waals surface area contributed by atoms with Gasteiger partial charge in [0, 0.05) is 17.1 Å². The summed E-state index contributed by atoms with van der Waals surface area (Å²) in [7, 11) is -3.13. The maximum absolute atomic E-state index is 8.74. The van der Waals surface area contributed by atoms with Gasteiger partial charge in [0.15, 0.2) is 0 Å². The topological polar surface area (TPSA) is 89.0 Å². The van der Waals surface area contributed by atoms with Crippen LogP contribution in [-0.4, -0.2) is 24.2 Å². The van der Waals surface area contributed by atoms with Gasteiger partial charge in [-0.05, 0) is 0 Å². The summed E-state index contributed by atoms with van der Waals surface area (Å²) in [6.07, 6.45) is 0. The average molecular weight is 152 g/mol. The van der Waals surface area contributed by atoms with E-state index >= 15 is 0 Å². The quantitative estimate of drug-likeness (QED) is 0.378. The first-order chi connectivity index (χ1) is 1.73. The van der Waals surface area contributed by atoms with E-state index in [1.54, 1.807) is 0 Å². The first-order valence-electron chi connectivity index (χ1n) is 0.651. The standard InChI is InChI=1S/Fe.H2O3Si.H2O/c;1-4(2)3;/h;1-2H;1H2. The van der Waals surface area contributed by atoms with E-state index in [0.717, 1.165) is 0 Å². The van der Waals surface area contributed by atoms with Crippen molar-refractivity contribution in [1.82, 2.24) is 0 Å². The smallest absolute Gasteiger partial charge is 0.511 e. The molecule has 0 radical (unpaired) electrons. The zero-order chi connectivity index (χ0) is 3.58. The molecular formula is H4FeO4Si. The molecule has 0 unspecified atom stereocenters. The SMILES string of the molecule is O.O=[Si](O)O.[Fe]. The van der Waals surface area contributed by atoms with Gasteiger partial charge in [0.1, 0.15) is 0 Å². The minimum Gasteiger partial charge on any atom is -0.511 e. The van der Waals surface area contributed by atoms with Crippen LogP contribution in [0.15, 0.2) is 0 Å². The molecule has 6 heavy (non-hydrogen) atoms. The molecule has 0 aliphatic carbocycles. The number of hydrogen-bond acceptors (Lipinski definition) is 1. The Balaban J connectivity index is -0.0000000450. The molecule has 0 amide bonds. The molecule has 0 aromatic rings. The third-order valence-corrected chi connectivity index (χ3v) is 0.